The first-order chi connectivity index (χ1) is 8.69. The second-order valence-electron chi connectivity index (χ2n) is 7.51. The first-order valence-electron chi connectivity index (χ1n) is 7.36. The quantitative estimate of drug-likeness (QED) is 0.761. The second-order valence-corrected chi connectivity index (χ2v) is 12.3. The molecule has 0 saturated carbocycles. The van der Waals surface area contributed by atoms with Crippen LogP contribution in [-0.4, -0.2) is 40.0 Å². The number of piperidine rings is 1. The minimum atomic E-state index is -1.83. The number of carbonyl (C=O) groups excluding carboxylic acids is 1. The molecule has 110 valence electrons. The lowest BCUT2D eigenvalue weighted by Gasteiger charge is -2.43. The van der Waals surface area contributed by atoms with Crippen LogP contribution in [0.25, 0.3) is 0 Å². The van der Waals surface area contributed by atoms with Crippen LogP contribution in [-0.2, 0) is 9.22 Å². The van der Waals surface area contributed by atoms with Gasteiger partial charge >= 0.3 is 0 Å². The standard InChI is InChI=1S/C14H28N2O2Si/c1-13(2,3)19(4,5)18-11-9-16-12(17)14(11)7-6-8-15-10-14/h11,15H,6-10H2,1-5H3,(H,16,17). The Balaban J connectivity index is 2.18. The van der Waals surface area contributed by atoms with Gasteiger partial charge in [-0.25, -0.2) is 0 Å². The third kappa shape index (κ3) is 2.60. The minimum Gasteiger partial charge on any atom is -0.411 e. The summed E-state index contributed by atoms with van der Waals surface area (Å²) in [5.74, 6) is 0.184. The predicted octanol–water partition coefficient (Wildman–Crippen LogP) is 1.88. The van der Waals surface area contributed by atoms with Crippen LogP contribution in [0.1, 0.15) is 33.6 Å². The lowest BCUT2D eigenvalue weighted by atomic mass is 9.77. The minimum absolute atomic E-state index is 0.0358. The van der Waals surface area contributed by atoms with E-state index >= 15 is 0 Å². The van der Waals surface area contributed by atoms with Crippen molar-refractivity contribution in [1.29, 1.82) is 0 Å². The Morgan fingerprint density at radius 1 is 1.37 bits per heavy atom. The van der Waals surface area contributed by atoms with Crippen LogP contribution in [0.2, 0.25) is 18.1 Å². The summed E-state index contributed by atoms with van der Waals surface area (Å²) in [4.78, 5) is 12.3. The SMILES string of the molecule is CC(C)(C)[Si](C)(C)OC1CNC(=O)C12CCCNC2. The number of rotatable bonds is 2. The molecule has 2 saturated heterocycles. The van der Waals surface area contributed by atoms with Gasteiger partial charge in [0.1, 0.15) is 0 Å². The van der Waals surface area contributed by atoms with E-state index in [1.807, 2.05) is 0 Å². The van der Waals surface area contributed by atoms with Gasteiger partial charge in [0, 0.05) is 13.1 Å². The molecule has 4 nitrogen and oxygen atoms in total. The molecule has 2 N–H and O–H groups in total. The molecule has 2 fully saturated rings. The van der Waals surface area contributed by atoms with Crippen LogP contribution in [0.5, 0.6) is 0 Å². The van der Waals surface area contributed by atoms with Gasteiger partial charge in [-0.15, -0.1) is 0 Å². The molecule has 1 amide bonds. The Morgan fingerprint density at radius 2 is 2.05 bits per heavy atom. The average Bonchev–Trinajstić information content (AvgIpc) is 2.58. The van der Waals surface area contributed by atoms with Crippen LogP contribution >= 0.6 is 0 Å². The van der Waals surface area contributed by atoms with E-state index in [0.29, 0.717) is 6.54 Å². The molecule has 2 rings (SSSR count). The van der Waals surface area contributed by atoms with Crippen molar-refractivity contribution < 1.29 is 9.22 Å². The summed E-state index contributed by atoms with van der Waals surface area (Å²) in [5, 5.41) is 6.58. The van der Waals surface area contributed by atoms with Gasteiger partial charge in [-0.1, -0.05) is 20.8 Å². The summed E-state index contributed by atoms with van der Waals surface area (Å²) in [7, 11) is -1.83. The zero-order chi connectivity index (χ0) is 14.3. The third-order valence-electron chi connectivity index (χ3n) is 5.18. The largest absolute Gasteiger partial charge is 0.411 e. The molecule has 2 aliphatic heterocycles. The molecular weight excluding hydrogens is 256 g/mol. The topological polar surface area (TPSA) is 50.4 Å². The Hall–Kier alpha value is -0.393. The maximum Gasteiger partial charge on any atom is 0.230 e. The number of hydrogen-bond acceptors (Lipinski definition) is 3. The molecule has 2 aliphatic rings. The number of carbonyl (C=O) groups is 1. The zero-order valence-corrected chi connectivity index (χ0v) is 13.9. The molecule has 0 aromatic carbocycles. The number of nitrogens with one attached hydrogen (secondary N) is 2. The van der Waals surface area contributed by atoms with Crippen LogP contribution < -0.4 is 10.6 Å². The molecule has 0 aromatic heterocycles. The maximum atomic E-state index is 12.3. The van der Waals surface area contributed by atoms with Gasteiger partial charge in [0.15, 0.2) is 8.32 Å². The van der Waals surface area contributed by atoms with Gasteiger partial charge in [-0.2, -0.15) is 0 Å². The highest BCUT2D eigenvalue weighted by Crippen LogP contribution is 2.43. The highest BCUT2D eigenvalue weighted by molar-refractivity contribution is 6.74. The molecule has 2 heterocycles. The lowest BCUT2D eigenvalue weighted by molar-refractivity contribution is -0.131. The highest BCUT2D eigenvalue weighted by Gasteiger charge is 2.54. The van der Waals surface area contributed by atoms with E-state index in [1.54, 1.807) is 0 Å². The summed E-state index contributed by atoms with van der Waals surface area (Å²) in [6, 6.07) is 0. The Labute approximate surface area is 117 Å². The van der Waals surface area contributed by atoms with Gasteiger partial charge in [0.25, 0.3) is 0 Å². The fourth-order valence-electron chi connectivity index (χ4n) is 2.79. The van der Waals surface area contributed by atoms with Crippen LogP contribution in [0.4, 0.5) is 0 Å². The molecule has 2 atom stereocenters. The molecule has 19 heavy (non-hydrogen) atoms. The Kier molecular flexibility index (Phi) is 3.84. The van der Waals surface area contributed by atoms with E-state index in [9.17, 15) is 4.79 Å². The zero-order valence-electron chi connectivity index (χ0n) is 12.9. The second kappa shape index (κ2) is 4.86. The first kappa shape index (κ1) is 15.0. The summed E-state index contributed by atoms with van der Waals surface area (Å²) in [6.45, 7) is 13.7. The van der Waals surface area contributed by atoms with Gasteiger partial charge in [0.2, 0.25) is 5.91 Å². The van der Waals surface area contributed by atoms with Crippen molar-refractivity contribution in [2.45, 2.75) is 57.8 Å². The van der Waals surface area contributed by atoms with E-state index < -0.39 is 8.32 Å². The third-order valence-corrected chi connectivity index (χ3v) is 9.66. The summed E-state index contributed by atoms with van der Waals surface area (Å²) >= 11 is 0. The van der Waals surface area contributed by atoms with Gasteiger partial charge in [-0.05, 0) is 37.5 Å². The Morgan fingerprint density at radius 3 is 2.58 bits per heavy atom. The van der Waals surface area contributed by atoms with Crippen LogP contribution in [0, 0.1) is 5.41 Å². The van der Waals surface area contributed by atoms with Crippen molar-refractivity contribution in [3.05, 3.63) is 0 Å². The van der Waals surface area contributed by atoms with E-state index in [2.05, 4.69) is 44.5 Å². The van der Waals surface area contributed by atoms with E-state index in [0.717, 1.165) is 25.9 Å². The smallest absolute Gasteiger partial charge is 0.230 e. The molecule has 2 unspecified atom stereocenters. The molecule has 0 radical (unpaired) electrons. The van der Waals surface area contributed by atoms with Gasteiger partial charge in [-0.3, -0.25) is 4.79 Å². The van der Waals surface area contributed by atoms with Crippen molar-refractivity contribution in [2.75, 3.05) is 19.6 Å². The van der Waals surface area contributed by atoms with Crippen molar-refractivity contribution in [1.82, 2.24) is 10.6 Å². The van der Waals surface area contributed by atoms with Crippen LogP contribution in [0.3, 0.4) is 0 Å². The predicted molar refractivity (Wildman–Crippen MR) is 79.6 cm³/mol. The summed E-state index contributed by atoms with van der Waals surface area (Å²) in [6.07, 6.45) is 2.05. The van der Waals surface area contributed by atoms with Crippen molar-refractivity contribution >= 4 is 14.2 Å². The van der Waals surface area contributed by atoms with Gasteiger partial charge < -0.3 is 15.1 Å². The van der Waals surface area contributed by atoms with Crippen molar-refractivity contribution in [3.8, 4) is 0 Å². The number of hydrogen-bond donors (Lipinski definition) is 2. The van der Waals surface area contributed by atoms with Crippen LogP contribution in [0.15, 0.2) is 0 Å². The highest BCUT2D eigenvalue weighted by atomic mass is 28.4. The normalized spacial score (nSPS) is 32.7. The monoisotopic (exact) mass is 284 g/mol. The molecule has 5 heteroatoms. The van der Waals surface area contributed by atoms with Gasteiger partial charge in [0.05, 0.1) is 11.5 Å². The summed E-state index contributed by atoms with van der Waals surface area (Å²) in [5.41, 5.74) is -0.326. The fourth-order valence-corrected chi connectivity index (χ4v) is 4.16. The molecule has 1 spiro atoms. The molecular formula is C14H28N2O2Si. The molecule has 0 bridgehead atoms. The molecule has 0 aliphatic carbocycles. The van der Waals surface area contributed by atoms with E-state index in [1.165, 1.54) is 0 Å². The van der Waals surface area contributed by atoms with Crippen molar-refractivity contribution in [2.24, 2.45) is 5.41 Å². The van der Waals surface area contributed by atoms with E-state index in [4.69, 9.17) is 4.43 Å². The Bertz CT molecular complexity index is 357. The van der Waals surface area contributed by atoms with E-state index in [-0.39, 0.29) is 22.5 Å². The first-order valence-corrected chi connectivity index (χ1v) is 10.3. The van der Waals surface area contributed by atoms with Crippen molar-refractivity contribution in [3.63, 3.8) is 0 Å². The lowest BCUT2D eigenvalue weighted by Crippen LogP contribution is -2.55. The molecule has 0 aromatic rings. The fraction of sp³-hybridized carbons (Fsp3) is 0.929. The maximum absolute atomic E-state index is 12.3. The average molecular weight is 284 g/mol. The number of amides is 1. The summed E-state index contributed by atoms with van der Waals surface area (Å²) < 4.78 is 6.54.